The maximum absolute atomic E-state index is 12.7. The number of anilines is 1. The first kappa shape index (κ1) is 42.7. The third-order valence-electron chi connectivity index (χ3n) is 10.1. The Morgan fingerprint density at radius 3 is 2.00 bits per heavy atom. The second-order valence-electron chi connectivity index (χ2n) is 13.9. The smallest absolute Gasteiger partial charge is 0.255 e. The van der Waals surface area contributed by atoms with E-state index in [4.69, 9.17) is 54.0 Å². The first-order chi connectivity index (χ1) is 28.7. The Morgan fingerprint density at radius 2 is 1.34 bits per heavy atom. The maximum Gasteiger partial charge on any atom is 0.255 e. The molecule has 314 valence electrons. The third-order valence-corrected chi connectivity index (χ3v) is 10.3. The Balaban J connectivity index is 1.02. The minimum atomic E-state index is -0.420. The van der Waals surface area contributed by atoms with E-state index in [1.54, 1.807) is 60.9 Å². The van der Waals surface area contributed by atoms with E-state index in [0.29, 0.717) is 80.2 Å². The molecule has 0 saturated carbocycles. The third kappa shape index (κ3) is 10.0. The van der Waals surface area contributed by atoms with Crippen molar-refractivity contribution in [1.82, 2.24) is 10.5 Å². The minimum absolute atomic E-state index is 0.0284. The highest BCUT2D eigenvalue weighted by Crippen LogP contribution is 2.45. The number of carbonyl (C=O) groups is 1. The number of unbranched alkanes of at least 4 members (excludes halogenated alkanes) is 3. The molecule has 2 heterocycles. The predicted molar refractivity (Wildman–Crippen MR) is 226 cm³/mol. The summed E-state index contributed by atoms with van der Waals surface area (Å²) in [6, 6.07) is 20.1. The van der Waals surface area contributed by atoms with E-state index in [-0.39, 0.29) is 12.0 Å². The Hall–Kier alpha value is -5.95. The number of nitrogens with one attached hydrogen (secondary N) is 2. The zero-order chi connectivity index (χ0) is 41.9. The number of benzene rings is 4. The summed E-state index contributed by atoms with van der Waals surface area (Å²) in [7, 11) is 9.52. The summed E-state index contributed by atoms with van der Waals surface area (Å²) in [5, 5.41) is 11.2. The van der Waals surface area contributed by atoms with Gasteiger partial charge in [0.05, 0.1) is 60.9 Å². The Kier molecular flexibility index (Phi) is 14.6. The van der Waals surface area contributed by atoms with Gasteiger partial charge >= 0.3 is 0 Å². The van der Waals surface area contributed by atoms with Crippen LogP contribution < -0.4 is 48.5 Å². The van der Waals surface area contributed by atoms with Crippen molar-refractivity contribution in [2.45, 2.75) is 64.1 Å². The molecule has 59 heavy (non-hydrogen) atoms. The van der Waals surface area contributed by atoms with Crippen LogP contribution in [0.15, 0.2) is 71.3 Å². The van der Waals surface area contributed by atoms with Crippen molar-refractivity contribution in [3.63, 3.8) is 0 Å². The molecule has 1 amide bonds. The molecule has 2 N–H and O–H groups in total. The summed E-state index contributed by atoms with van der Waals surface area (Å²) in [6.45, 7) is 2.70. The van der Waals surface area contributed by atoms with Crippen LogP contribution in [0.1, 0.15) is 74.0 Å². The lowest BCUT2D eigenvalue weighted by Crippen LogP contribution is -2.38. The van der Waals surface area contributed by atoms with E-state index in [0.717, 1.165) is 61.8 Å². The van der Waals surface area contributed by atoms with E-state index < -0.39 is 6.17 Å². The summed E-state index contributed by atoms with van der Waals surface area (Å²) in [4.78, 5) is 12.7. The molecule has 2 unspecified atom stereocenters. The van der Waals surface area contributed by atoms with Gasteiger partial charge < -0.3 is 53.1 Å². The van der Waals surface area contributed by atoms with Crippen LogP contribution in [0, 0.1) is 0 Å². The number of rotatable bonds is 21. The lowest BCUT2D eigenvalue weighted by Gasteiger charge is -2.28. The zero-order valence-electron chi connectivity index (χ0n) is 34.6. The molecular formula is C45H52ClN3O10. The lowest BCUT2D eigenvalue weighted by atomic mass is 10.0. The highest BCUT2D eigenvalue weighted by Gasteiger charge is 2.26. The van der Waals surface area contributed by atoms with Crippen molar-refractivity contribution in [2.75, 3.05) is 54.6 Å². The Labute approximate surface area is 350 Å². The minimum Gasteiger partial charge on any atom is -0.493 e. The van der Waals surface area contributed by atoms with Gasteiger partial charge in [0, 0.05) is 27.9 Å². The number of amides is 1. The van der Waals surface area contributed by atoms with Crippen LogP contribution in [0.25, 0.3) is 22.6 Å². The molecule has 0 radical (unpaired) electrons. The summed E-state index contributed by atoms with van der Waals surface area (Å²) in [5.41, 5.74) is 4.11. The molecule has 1 aromatic heterocycles. The van der Waals surface area contributed by atoms with Crippen LogP contribution in [0.2, 0.25) is 5.02 Å². The van der Waals surface area contributed by atoms with E-state index in [1.165, 1.54) is 0 Å². The largest absolute Gasteiger partial charge is 0.493 e. The molecule has 1 aliphatic heterocycles. The average Bonchev–Trinajstić information content (AvgIpc) is 3.76. The quantitative estimate of drug-likeness (QED) is 0.0680. The van der Waals surface area contributed by atoms with Crippen LogP contribution >= 0.6 is 11.6 Å². The fourth-order valence-corrected chi connectivity index (χ4v) is 7.23. The Bertz CT molecular complexity index is 2160. The van der Waals surface area contributed by atoms with E-state index in [2.05, 4.69) is 22.7 Å². The van der Waals surface area contributed by atoms with Crippen LogP contribution in [0.5, 0.6) is 46.0 Å². The summed E-state index contributed by atoms with van der Waals surface area (Å²) in [6.07, 6.45) is 6.17. The molecule has 0 spiro atoms. The number of ether oxygens (including phenoxy) is 8. The number of hydrogen-bond acceptors (Lipinski definition) is 12. The zero-order valence-corrected chi connectivity index (χ0v) is 35.3. The highest BCUT2D eigenvalue weighted by atomic mass is 35.5. The number of aromatic nitrogens is 1. The number of methoxy groups -OCH3 is 6. The van der Waals surface area contributed by atoms with Crippen LogP contribution in [-0.2, 0) is 0 Å². The summed E-state index contributed by atoms with van der Waals surface area (Å²) in [5.74, 6) is 4.70. The van der Waals surface area contributed by atoms with Crippen molar-refractivity contribution < 1.29 is 47.2 Å². The highest BCUT2D eigenvalue weighted by molar-refractivity contribution is 6.31. The maximum atomic E-state index is 12.7. The Morgan fingerprint density at radius 1 is 0.678 bits per heavy atom. The van der Waals surface area contributed by atoms with Gasteiger partial charge in [0.1, 0.15) is 11.9 Å². The van der Waals surface area contributed by atoms with E-state index in [1.807, 2.05) is 48.5 Å². The standard InChI is InChI=1S/C45H52ClN3O10/c1-8-13-31(14-11-9-10-12-19-57-35-18-15-27(20-37(35)51-2)44-47-33-17-16-30(46)25-32(33)45(50)48-44)58-43-40(54-5)23-29(24-41(43)55-6)36-26-34(49-59-36)28-21-38(52-3)42(56-7)39(22-28)53-4/h15-18,20-26,31,44,47H,8-14,19H2,1-7H3,(H,48,50). The normalized spacial score (nSPS) is 13.7. The fourth-order valence-electron chi connectivity index (χ4n) is 7.06. The number of fused-ring (bicyclic) bond motifs is 1. The molecular weight excluding hydrogens is 778 g/mol. The van der Waals surface area contributed by atoms with E-state index in [9.17, 15) is 4.79 Å². The average molecular weight is 830 g/mol. The fraction of sp³-hybridized carbons (Fsp3) is 0.378. The molecule has 0 saturated heterocycles. The van der Waals surface area contributed by atoms with Gasteiger partial charge in [-0.05, 0) is 85.8 Å². The van der Waals surface area contributed by atoms with Crippen LogP contribution in [0.3, 0.4) is 0 Å². The molecule has 1 aliphatic rings. The second kappa shape index (κ2) is 20.1. The van der Waals surface area contributed by atoms with Gasteiger partial charge in [0.15, 0.2) is 40.3 Å². The summed E-state index contributed by atoms with van der Waals surface area (Å²) >= 11 is 6.09. The van der Waals surface area contributed by atoms with Crippen molar-refractivity contribution in [3.05, 3.63) is 82.9 Å². The predicted octanol–water partition coefficient (Wildman–Crippen LogP) is 10.1. The van der Waals surface area contributed by atoms with E-state index >= 15 is 0 Å². The number of nitrogens with zero attached hydrogens (tertiary/aromatic N) is 1. The van der Waals surface area contributed by atoms with Crippen molar-refractivity contribution >= 4 is 23.2 Å². The molecule has 13 nitrogen and oxygen atoms in total. The lowest BCUT2D eigenvalue weighted by molar-refractivity contribution is 0.0935. The molecule has 0 bridgehead atoms. The molecule has 5 aromatic rings. The first-order valence-electron chi connectivity index (χ1n) is 19.6. The summed E-state index contributed by atoms with van der Waals surface area (Å²) < 4.78 is 52.3. The second-order valence-corrected chi connectivity index (χ2v) is 14.4. The van der Waals surface area contributed by atoms with Crippen molar-refractivity contribution in [1.29, 1.82) is 0 Å². The molecule has 6 rings (SSSR count). The van der Waals surface area contributed by atoms with Crippen LogP contribution in [0.4, 0.5) is 5.69 Å². The first-order valence-corrected chi connectivity index (χ1v) is 20.0. The van der Waals surface area contributed by atoms with Crippen LogP contribution in [-0.4, -0.2) is 66.4 Å². The topological polar surface area (TPSA) is 141 Å². The molecule has 4 aromatic carbocycles. The van der Waals surface area contributed by atoms with Crippen molar-refractivity contribution in [3.8, 4) is 68.6 Å². The van der Waals surface area contributed by atoms with Gasteiger partial charge in [-0.15, -0.1) is 0 Å². The number of hydrogen-bond donors (Lipinski definition) is 2. The molecule has 2 atom stereocenters. The SMILES string of the molecule is CCCC(CCCCCCOc1ccc(C2NC(=O)c3cc(Cl)ccc3N2)cc1OC)Oc1c(OC)cc(-c2cc(-c3cc(OC)c(OC)c(OC)c3)no2)cc1OC. The number of halogens is 1. The van der Waals surface area contributed by atoms with Gasteiger partial charge in [-0.3, -0.25) is 4.79 Å². The molecule has 0 fully saturated rings. The van der Waals surface area contributed by atoms with Gasteiger partial charge in [-0.1, -0.05) is 49.0 Å². The number of carbonyl (C=O) groups excluding carboxylic acids is 1. The molecule has 0 aliphatic carbocycles. The monoisotopic (exact) mass is 829 g/mol. The molecule has 14 heteroatoms. The van der Waals surface area contributed by atoms with Gasteiger partial charge in [-0.25, -0.2) is 0 Å². The van der Waals surface area contributed by atoms with Gasteiger partial charge in [0.25, 0.3) is 5.91 Å². The van der Waals surface area contributed by atoms with Gasteiger partial charge in [-0.2, -0.15) is 0 Å². The van der Waals surface area contributed by atoms with Gasteiger partial charge in [0.2, 0.25) is 11.5 Å². The van der Waals surface area contributed by atoms with Crippen molar-refractivity contribution in [2.24, 2.45) is 0 Å².